The van der Waals surface area contributed by atoms with Gasteiger partial charge in [-0.25, -0.2) is 4.98 Å². The number of benzene rings is 1. The van der Waals surface area contributed by atoms with Crippen LogP contribution in [0.1, 0.15) is 40.4 Å². The molecule has 0 unspecified atom stereocenters. The van der Waals surface area contributed by atoms with Gasteiger partial charge in [-0.2, -0.15) is 0 Å². The van der Waals surface area contributed by atoms with Crippen LogP contribution in [0.4, 0.5) is 5.69 Å². The number of pyridine rings is 1. The van der Waals surface area contributed by atoms with E-state index in [-0.39, 0.29) is 23.2 Å². The van der Waals surface area contributed by atoms with E-state index in [4.69, 9.17) is 0 Å². The number of carbonyl (C=O) groups is 2. The SMILES string of the molecule is Cc1ccc(NC(=O)c2cccc(C(=O)NCC(C)C)n2)c(Br)c1. The standard InChI is InChI=1S/C18H20BrN3O2/c1-11(2)10-20-17(23)15-5-4-6-16(21-15)18(24)22-14-8-7-12(3)9-13(14)19/h4-9,11H,10H2,1-3H3,(H,20,23)(H,22,24). The smallest absolute Gasteiger partial charge is 0.274 e. The normalized spacial score (nSPS) is 10.5. The van der Waals surface area contributed by atoms with Crippen LogP contribution in [-0.4, -0.2) is 23.3 Å². The number of nitrogens with zero attached hydrogens (tertiary/aromatic N) is 1. The minimum Gasteiger partial charge on any atom is -0.350 e. The van der Waals surface area contributed by atoms with Crippen molar-refractivity contribution < 1.29 is 9.59 Å². The van der Waals surface area contributed by atoms with Crippen molar-refractivity contribution in [2.24, 2.45) is 5.92 Å². The Labute approximate surface area is 150 Å². The number of aromatic nitrogens is 1. The molecule has 6 heteroatoms. The number of aryl methyl sites for hydroxylation is 1. The largest absolute Gasteiger partial charge is 0.350 e. The van der Waals surface area contributed by atoms with E-state index in [1.54, 1.807) is 18.2 Å². The molecule has 24 heavy (non-hydrogen) atoms. The maximum absolute atomic E-state index is 12.4. The van der Waals surface area contributed by atoms with Crippen molar-refractivity contribution in [3.8, 4) is 0 Å². The summed E-state index contributed by atoms with van der Waals surface area (Å²) < 4.78 is 0.793. The Hall–Kier alpha value is -2.21. The van der Waals surface area contributed by atoms with E-state index in [0.717, 1.165) is 10.0 Å². The van der Waals surface area contributed by atoms with Gasteiger partial charge in [0.25, 0.3) is 11.8 Å². The van der Waals surface area contributed by atoms with E-state index in [1.807, 2.05) is 39.0 Å². The summed E-state index contributed by atoms with van der Waals surface area (Å²) >= 11 is 3.42. The fourth-order valence-electron chi connectivity index (χ4n) is 1.98. The number of amides is 2. The van der Waals surface area contributed by atoms with Crippen molar-refractivity contribution in [1.29, 1.82) is 0 Å². The molecule has 0 saturated carbocycles. The molecule has 0 aliphatic rings. The lowest BCUT2D eigenvalue weighted by Crippen LogP contribution is -2.28. The number of anilines is 1. The molecular weight excluding hydrogens is 370 g/mol. The quantitative estimate of drug-likeness (QED) is 0.816. The highest BCUT2D eigenvalue weighted by Crippen LogP contribution is 2.23. The number of halogens is 1. The second-order valence-corrected chi connectivity index (χ2v) is 6.80. The minimum absolute atomic E-state index is 0.194. The van der Waals surface area contributed by atoms with Crippen LogP contribution in [-0.2, 0) is 0 Å². The summed E-state index contributed by atoms with van der Waals surface area (Å²) in [5.41, 5.74) is 2.16. The Morgan fingerprint density at radius 3 is 2.42 bits per heavy atom. The topological polar surface area (TPSA) is 71.1 Å². The van der Waals surface area contributed by atoms with Gasteiger partial charge >= 0.3 is 0 Å². The monoisotopic (exact) mass is 389 g/mol. The number of hydrogen-bond acceptors (Lipinski definition) is 3. The first-order chi connectivity index (χ1) is 11.4. The molecule has 1 aromatic heterocycles. The van der Waals surface area contributed by atoms with Crippen LogP contribution in [0, 0.1) is 12.8 Å². The lowest BCUT2D eigenvalue weighted by Gasteiger charge is -2.09. The van der Waals surface area contributed by atoms with Gasteiger partial charge in [-0.15, -0.1) is 0 Å². The summed E-state index contributed by atoms with van der Waals surface area (Å²) in [7, 11) is 0. The van der Waals surface area contributed by atoms with E-state index in [2.05, 4.69) is 31.5 Å². The van der Waals surface area contributed by atoms with E-state index in [9.17, 15) is 9.59 Å². The summed E-state index contributed by atoms with van der Waals surface area (Å²) in [6.45, 7) is 6.55. The van der Waals surface area contributed by atoms with Gasteiger partial charge in [0.15, 0.2) is 0 Å². The average molecular weight is 390 g/mol. The number of rotatable bonds is 5. The Morgan fingerprint density at radius 2 is 1.79 bits per heavy atom. The molecule has 1 heterocycles. The van der Waals surface area contributed by atoms with Gasteiger partial charge < -0.3 is 10.6 Å². The van der Waals surface area contributed by atoms with Crippen molar-refractivity contribution in [2.75, 3.05) is 11.9 Å². The zero-order valence-electron chi connectivity index (χ0n) is 13.9. The summed E-state index contributed by atoms with van der Waals surface area (Å²) in [4.78, 5) is 28.6. The third-order valence-electron chi connectivity index (χ3n) is 3.26. The van der Waals surface area contributed by atoms with Gasteiger partial charge in [-0.3, -0.25) is 9.59 Å². The molecule has 126 valence electrons. The third kappa shape index (κ3) is 4.89. The highest BCUT2D eigenvalue weighted by molar-refractivity contribution is 9.10. The zero-order chi connectivity index (χ0) is 17.7. The van der Waals surface area contributed by atoms with Crippen LogP contribution < -0.4 is 10.6 Å². The van der Waals surface area contributed by atoms with Gasteiger partial charge in [0, 0.05) is 11.0 Å². The maximum Gasteiger partial charge on any atom is 0.274 e. The molecule has 5 nitrogen and oxygen atoms in total. The number of hydrogen-bond donors (Lipinski definition) is 2. The van der Waals surface area contributed by atoms with Crippen LogP contribution in [0.5, 0.6) is 0 Å². The van der Waals surface area contributed by atoms with Crippen molar-refractivity contribution in [3.05, 3.63) is 57.8 Å². The molecular formula is C18H20BrN3O2. The second kappa shape index (κ2) is 8.06. The molecule has 0 aliphatic heterocycles. The molecule has 0 bridgehead atoms. The highest BCUT2D eigenvalue weighted by Gasteiger charge is 2.13. The molecule has 0 saturated heterocycles. The highest BCUT2D eigenvalue weighted by atomic mass is 79.9. The first kappa shape index (κ1) is 18.1. The van der Waals surface area contributed by atoms with Crippen molar-refractivity contribution in [1.82, 2.24) is 10.3 Å². The molecule has 2 N–H and O–H groups in total. The van der Waals surface area contributed by atoms with Gasteiger partial charge in [0.05, 0.1) is 5.69 Å². The molecule has 1 aromatic carbocycles. The zero-order valence-corrected chi connectivity index (χ0v) is 15.5. The van der Waals surface area contributed by atoms with Gasteiger partial charge in [-0.05, 0) is 58.6 Å². The third-order valence-corrected chi connectivity index (χ3v) is 3.91. The molecule has 2 amide bonds. The molecule has 0 aliphatic carbocycles. The molecule has 0 spiro atoms. The lowest BCUT2D eigenvalue weighted by molar-refractivity contribution is 0.0944. The van der Waals surface area contributed by atoms with Crippen LogP contribution in [0.25, 0.3) is 0 Å². The van der Waals surface area contributed by atoms with E-state index in [1.165, 1.54) is 0 Å². The fraction of sp³-hybridized carbons (Fsp3) is 0.278. The number of nitrogens with one attached hydrogen (secondary N) is 2. The van der Waals surface area contributed by atoms with Crippen molar-refractivity contribution >= 4 is 33.4 Å². The predicted molar refractivity (Wildman–Crippen MR) is 98.2 cm³/mol. The summed E-state index contributed by atoms with van der Waals surface area (Å²) in [5, 5.41) is 5.58. The first-order valence-corrected chi connectivity index (χ1v) is 8.49. The van der Waals surface area contributed by atoms with Crippen molar-refractivity contribution in [3.63, 3.8) is 0 Å². The van der Waals surface area contributed by atoms with E-state index >= 15 is 0 Å². The summed E-state index contributed by atoms with van der Waals surface area (Å²) in [6.07, 6.45) is 0. The Morgan fingerprint density at radius 1 is 1.12 bits per heavy atom. The van der Waals surface area contributed by atoms with Crippen molar-refractivity contribution in [2.45, 2.75) is 20.8 Å². The second-order valence-electron chi connectivity index (χ2n) is 5.95. The lowest BCUT2D eigenvalue weighted by atomic mass is 10.2. The molecule has 0 atom stereocenters. The molecule has 0 fully saturated rings. The van der Waals surface area contributed by atoms with E-state index < -0.39 is 0 Å². The van der Waals surface area contributed by atoms with E-state index in [0.29, 0.717) is 18.2 Å². The summed E-state index contributed by atoms with van der Waals surface area (Å²) in [6, 6.07) is 10.5. The van der Waals surface area contributed by atoms with Crippen LogP contribution in [0.2, 0.25) is 0 Å². The predicted octanol–water partition coefficient (Wildman–Crippen LogP) is 3.79. The minimum atomic E-state index is -0.363. The van der Waals surface area contributed by atoms with Crippen LogP contribution >= 0.6 is 15.9 Å². The average Bonchev–Trinajstić information content (AvgIpc) is 2.55. The number of carbonyl (C=O) groups excluding carboxylic acids is 2. The maximum atomic E-state index is 12.4. The first-order valence-electron chi connectivity index (χ1n) is 7.69. The Kier molecular flexibility index (Phi) is 6.09. The summed E-state index contributed by atoms with van der Waals surface area (Å²) in [5.74, 6) is -0.299. The fourth-order valence-corrected chi connectivity index (χ4v) is 2.58. The molecule has 0 radical (unpaired) electrons. The molecule has 2 rings (SSSR count). The van der Waals surface area contributed by atoms with Gasteiger partial charge in [0.1, 0.15) is 11.4 Å². The Bertz CT molecular complexity index is 760. The van der Waals surface area contributed by atoms with Crippen LogP contribution in [0.3, 0.4) is 0 Å². The Balaban J connectivity index is 2.12. The van der Waals surface area contributed by atoms with Gasteiger partial charge in [0.2, 0.25) is 0 Å². The molecule has 2 aromatic rings. The van der Waals surface area contributed by atoms with Gasteiger partial charge in [-0.1, -0.05) is 26.0 Å². The van der Waals surface area contributed by atoms with Crippen LogP contribution in [0.15, 0.2) is 40.9 Å².